The zero-order valence-electron chi connectivity index (χ0n) is 11.8. The van der Waals surface area contributed by atoms with Crippen LogP contribution in [0.3, 0.4) is 0 Å². The lowest BCUT2D eigenvalue weighted by atomic mass is 10.2. The zero-order chi connectivity index (χ0) is 16.2. The van der Waals surface area contributed by atoms with Crippen LogP contribution in [-0.4, -0.2) is 15.0 Å². The maximum absolute atomic E-state index is 12.2. The predicted octanol–water partition coefficient (Wildman–Crippen LogP) is 3.87. The van der Waals surface area contributed by atoms with Crippen molar-refractivity contribution in [2.24, 2.45) is 0 Å². The molecule has 2 rings (SSSR count). The van der Waals surface area contributed by atoms with Crippen LogP contribution in [0.5, 0.6) is 5.75 Å². The Hall–Kier alpha value is -1.27. The lowest BCUT2D eigenvalue weighted by Crippen LogP contribution is -2.23. The summed E-state index contributed by atoms with van der Waals surface area (Å²) in [5, 5.41) is 0.819. The monoisotopic (exact) mass is 359 g/mol. The molecule has 2 aromatic carbocycles. The van der Waals surface area contributed by atoms with Crippen molar-refractivity contribution in [3.05, 3.63) is 58.1 Å². The molecule has 4 nitrogen and oxygen atoms in total. The summed E-state index contributed by atoms with van der Waals surface area (Å²) in [6, 6.07) is 11.2. The Morgan fingerprint density at radius 3 is 2.32 bits per heavy atom. The average molecular weight is 360 g/mol. The van der Waals surface area contributed by atoms with E-state index in [4.69, 9.17) is 27.9 Å². The van der Waals surface area contributed by atoms with E-state index < -0.39 is 10.0 Å². The minimum atomic E-state index is -3.59. The van der Waals surface area contributed by atoms with Gasteiger partial charge in [-0.1, -0.05) is 29.3 Å². The number of nitrogens with one attached hydrogen (secondary N) is 1. The molecule has 0 heterocycles. The summed E-state index contributed by atoms with van der Waals surface area (Å²) in [4.78, 5) is 0.177. The fourth-order valence-corrected chi connectivity index (χ4v) is 3.13. The van der Waals surface area contributed by atoms with Crippen molar-refractivity contribution >= 4 is 33.2 Å². The summed E-state index contributed by atoms with van der Waals surface area (Å²) >= 11 is 11.7. The largest absolute Gasteiger partial charge is 0.494 e. The van der Waals surface area contributed by atoms with Crippen LogP contribution < -0.4 is 9.46 Å². The van der Waals surface area contributed by atoms with Gasteiger partial charge in [0.1, 0.15) is 5.75 Å². The second kappa shape index (κ2) is 7.33. The lowest BCUT2D eigenvalue weighted by molar-refractivity contribution is 0.340. The summed E-state index contributed by atoms with van der Waals surface area (Å²) in [6.45, 7) is 2.53. The zero-order valence-corrected chi connectivity index (χ0v) is 14.2. The Labute approximate surface area is 140 Å². The van der Waals surface area contributed by atoms with Crippen LogP contribution >= 0.6 is 23.2 Å². The summed E-state index contributed by atoms with van der Waals surface area (Å²) in [5.41, 5.74) is 0.726. The number of hydrogen-bond acceptors (Lipinski definition) is 3. The Bertz CT molecular complexity index is 746. The standard InChI is InChI=1S/C15H15Cl2NO3S/c1-2-21-12-4-6-13(7-5-12)22(19,20)18-10-11-3-8-14(16)15(17)9-11/h3-9,18H,2,10H2,1H3. The van der Waals surface area contributed by atoms with Gasteiger partial charge in [-0.05, 0) is 48.9 Å². The second-order valence-electron chi connectivity index (χ2n) is 4.48. The number of hydrogen-bond donors (Lipinski definition) is 1. The van der Waals surface area contributed by atoms with E-state index in [0.717, 1.165) is 5.56 Å². The Balaban J connectivity index is 2.08. The number of rotatable bonds is 6. The molecule has 0 fully saturated rings. The first-order valence-corrected chi connectivity index (χ1v) is 8.83. The molecule has 1 N–H and O–H groups in total. The molecule has 0 amide bonds. The smallest absolute Gasteiger partial charge is 0.240 e. The van der Waals surface area contributed by atoms with E-state index in [2.05, 4.69) is 4.72 Å². The van der Waals surface area contributed by atoms with Crippen molar-refractivity contribution in [1.29, 1.82) is 0 Å². The van der Waals surface area contributed by atoms with Crippen LogP contribution in [0.25, 0.3) is 0 Å². The third-order valence-corrected chi connectivity index (χ3v) is 5.05. The van der Waals surface area contributed by atoms with E-state index >= 15 is 0 Å². The van der Waals surface area contributed by atoms with Crippen molar-refractivity contribution in [1.82, 2.24) is 4.72 Å². The summed E-state index contributed by atoms with van der Waals surface area (Å²) < 4.78 is 32.2. The second-order valence-corrected chi connectivity index (χ2v) is 7.06. The lowest BCUT2D eigenvalue weighted by Gasteiger charge is -2.09. The minimum absolute atomic E-state index is 0.131. The van der Waals surface area contributed by atoms with Gasteiger partial charge in [0.25, 0.3) is 0 Å². The van der Waals surface area contributed by atoms with Crippen molar-refractivity contribution < 1.29 is 13.2 Å². The first-order chi connectivity index (χ1) is 10.4. The van der Waals surface area contributed by atoms with Crippen LogP contribution in [0.4, 0.5) is 0 Å². The van der Waals surface area contributed by atoms with Gasteiger partial charge in [-0.3, -0.25) is 0 Å². The van der Waals surface area contributed by atoms with Crippen molar-refractivity contribution in [2.75, 3.05) is 6.61 Å². The molecule has 0 saturated heterocycles. The topological polar surface area (TPSA) is 55.4 Å². The van der Waals surface area contributed by atoms with Gasteiger partial charge >= 0.3 is 0 Å². The van der Waals surface area contributed by atoms with E-state index in [9.17, 15) is 8.42 Å². The fraction of sp³-hybridized carbons (Fsp3) is 0.200. The quantitative estimate of drug-likeness (QED) is 0.851. The van der Waals surface area contributed by atoms with Gasteiger partial charge < -0.3 is 4.74 Å². The maximum Gasteiger partial charge on any atom is 0.240 e. The molecule has 7 heteroatoms. The Morgan fingerprint density at radius 2 is 1.73 bits per heavy atom. The third kappa shape index (κ3) is 4.36. The molecular formula is C15H15Cl2NO3S. The summed E-state index contributed by atoms with van der Waals surface area (Å²) in [5.74, 6) is 0.630. The fourth-order valence-electron chi connectivity index (χ4n) is 1.79. The highest BCUT2D eigenvalue weighted by Gasteiger charge is 2.14. The van der Waals surface area contributed by atoms with Gasteiger partial charge in [0.05, 0.1) is 21.5 Å². The first kappa shape index (κ1) is 17.1. The van der Waals surface area contributed by atoms with Crippen LogP contribution in [-0.2, 0) is 16.6 Å². The SMILES string of the molecule is CCOc1ccc(S(=O)(=O)NCc2ccc(Cl)c(Cl)c2)cc1. The van der Waals surface area contributed by atoms with Gasteiger partial charge in [0, 0.05) is 6.54 Å². The van der Waals surface area contributed by atoms with E-state index in [1.54, 1.807) is 30.3 Å². The molecule has 0 aliphatic heterocycles. The molecule has 2 aromatic rings. The Morgan fingerprint density at radius 1 is 1.05 bits per heavy atom. The van der Waals surface area contributed by atoms with Crippen LogP contribution in [0.2, 0.25) is 10.0 Å². The third-order valence-electron chi connectivity index (χ3n) is 2.90. The summed E-state index contributed by atoms with van der Waals surface area (Å²) in [7, 11) is -3.59. The first-order valence-electron chi connectivity index (χ1n) is 6.59. The molecule has 0 aliphatic rings. The molecule has 0 bridgehead atoms. The van der Waals surface area contributed by atoms with Crippen LogP contribution in [0.1, 0.15) is 12.5 Å². The van der Waals surface area contributed by atoms with E-state index in [1.807, 2.05) is 6.92 Å². The highest BCUT2D eigenvalue weighted by Crippen LogP contribution is 2.23. The Kier molecular flexibility index (Phi) is 5.69. The normalized spacial score (nSPS) is 11.4. The molecule has 0 radical (unpaired) electrons. The minimum Gasteiger partial charge on any atom is -0.494 e. The van der Waals surface area contributed by atoms with Crippen molar-refractivity contribution in [3.8, 4) is 5.75 Å². The molecule has 0 atom stereocenters. The van der Waals surface area contributed by atoms with Gasteiger partial charge in [-0.2, -0.15) is 0 Å². The van der Waals surface area contributed by atoms with E-state index in [1.165, 1.54) is 12.1 Å². The van der Waals surface area contributed by atoms with Gasteiger partial charge in [-0.25, -0.2) is 13.1 Å². The molecule has 0 aliphatic carbocycles. The van der Waals surface area contributed by atoms with Crippen LogP contribution in [0.15, 0.2) is 47.4 Å². The highest BCUT2D eigenvalue weighted by molar-refractivity contribution is 7.89. The molecule has 22 heavy (non-hydrogen) atoms. The number of benzene rings is 2. The number of ether oxygens (including phenoxy) is 1. The molecule has 0 saturated carbocycles. The predicted molar refractivity (Wildman–Crippen MR) is 88.1 cm³/mol. The molecule has 0 unspecified atom stereocenters. The molecule has 118 valence electrons. The average Bonchev–Trinajstić information content (AvgIpc) is 2.49. The van der Waals surface area contributed by atoms with Crippen LogP contribution in [0, 0.1) is 0 Å². The summed E-state index contributed by atoms with van der Waals surface area (Å²) in [6.07, 6.45) is 0. The van der Waals surface area contributed by atoms with Gasteiger partial charge in [-0.15, -0.1) is 0 Å². The van der Waals surface area contributed by atoms with E-state index in [0.29, 0.717) is 22.4 Å². The van der Waals surface area contributed by atoms with Gasteiger partial charge in [0.15, 0.2) is 0 Å². The van der Waals surface area contributed by atoms with Crippen molar-refractivity contribution in [2.45, 2.75) is 18.4 Å². The van der Waals surface area contributed by atoms with E-state index in [-0.39, 0.29) is 11.4 Å². The molecule has 0 aromatic heterocycles. The molecule has 0 spiro atoms. The number of sulfonamides is 1. The number of halogens is 2. The van der Waals surface area contributed by atoms with Crippen molar-refractivity contribution in [3.63, 3.8) is 0 Å². The molecular weight excluding hydrogens is 345 g/mol. The highest BCUT2D eigenvalue weighted by atomic mass is 35.5. The maximum atomic E-state index is 12.2. The van der Waals surface area contributed by atoms with Gasteiger partial charge in [0.2, 0.25) is 10.0 Å².